The molecule has 0 bridgehead atoms. The normalized spacial score (nSPS) is 17.5. The van der Waals surface area contributed by atoms with E-state index in [4.69, 9.17) is 0 Å². The van der Waals surface area contributed by atoms with Crippen LogP contribution in [0.2, 0.25) is 0 Å². The molecule has 1 unspecified atom stereocenters. The van der Waals surface area contributed by atoms with Crippen molar-refractivity contribution in [3.05, 3.63) is 120 Å². The number of benzene rings is 3. The molecule has 0 aromatic heterocycles. The molecule has 0 saturated carbocycles. The highest BCUT2D eigenvalue weighted by atomic mass is 16.4. The molecule has 30 heavy (non-hydrogen) atoms. The molecule has 148 valence electrons. The van der Waals surface area contributed by atoms with Crippen LogP contribution >= 0.6 is 0 Å². The first-order chi connectivity index (χ1) is 14.6. The smallest absolute Gasteiger partial charge is 0.326 e. The van der Waals surface area contributed by atoms with Crippen LogP contribution in [-0.2, 0) is 9.59 Å². The van der Waals surface area contributed by atoms with Crippen molar-refractivity contribution in [1.29, 1.82) is 0 Å². The summed E-state index contributed by atoms with van der Waals surface area (Å²) in [6.45, 7) is 0. The van der Waals surface area contributed by atoms with E-state index in [2.05, 4.69) is 0 Å². The molecule has 0 fully saturated rings. The second-order valence-corrected chi connectivity index (χ2v) is 7.22. The predicted octanol–water partition coefficient (Wildman–Crippen LogP) is 5.11. The van der Waals surface area contributed by atoms with E-state index in [1.807, 2.05) is 66.7 Å². The Morgan fingerprint density at radius 1 is 0.667 bits per heavy atom. The number of carbonyl (C=O) groups is 2. The van der Waals surface area contributed by atoms with E-state index >= 15 is 0 Å². The molecule has 1 aliphatic carbocycles. The Labute approximate surface area is 174 Å². The number of carboxylic acid groups (broad SMARTS) is 2. The number of carboxylic acids is 2. The van der Waals surface area contributed by atoms with Gasteiger partial charge in [0.2, 0.25) is 0 Å². The number of rotatable bonds is 5. The van der Waals surface area contributed by atoms with Crippen molar-refractivity contribution in [3.8, 4) is 0 Å². The molecule has 0 heterocycles. The number of hydrogen-bond acceptors (Lipinski definition) is 2. The summed E-state index contributed by atoms with van der Waals surface area (Å²) in [6.07, 6.45) is 2.96. The Kier molecular flexibility index (Phi) is 5.07. The van der Waals surface area contributed by atoms with Crippen LogP contribution in [0, 0.1) is 5.41 Å². The molecule has 0 spiro atoms. The zero-order chi connectivity index (χ0) is 21.1. The van der Waals surface area contributed by atoms with Crippen molar-refractivity contribution < 1.29 is 19.8 Å². The van der Waals surface area contributed by atoms with Crippen molar-refractivity contribution in [2.24, 2.45) is 5.41 Å². The van der Waals surface area contributed by atoms with Crippen molar-refractivity contribution in [2.75, 3.05) is 0 Å². The lowest BCUT2D eigenvalue weighted by Crippen LogP contribution is -2.44. The fourth-order valence-corrected chi connectivity index (χ4v) is 4.15. The molecule has 4 heteroatoms. The van der Waals surface area contributed by atoms with Gasteiger partial charge in [0.1, 0.15) is 0 Å². The summed E-state index contributed by atoms with van der Waals surface area (Å²) < 4.78 is 0. The lowest BCUT2D eigenvalue weighted by molar-refractivity contribution is -0.161. The van der Waals surface area contributed by atoms with Crippen LogP contribution in [0.1, 0.15) is 22.6 Å². The maximum absolute atomic E-state index is 12.5. The minimum Gasteiger partial charge on any atom is -0.480 e. The molecule has 0 amide bonds. The topological polar surface area (TPSA) is 74.6 Å². The molecule has 1 atom stereocenters. The molecule has 0 aliphatic heterocycles. The van der Waals surface area contributed by atoms with Crippen molar-refractivity contribution >= 4 is 23.1 Å². The SMILES string of the molecule is O=C(O)C1(C(=O)O)C=CC(c2ccccc2)=C(c2ccccc2)C1c1ccccc1. The van der Waals surface area contributed by atoms with Gasteiger partial charge in [-0.1, -0.05) is 103 Å². The molecular formula is C26H20O4. The van der Waals surface area contributed by atoms with Crippen LogP contribution in [0.15, 0.2) is 103 Å². The molecule has 4 nitrogen and oxygen atoms in total. The Morgan fingerprint density at radius 2 is 1.13 bits per heavy atom. The van der Waals surface area contributed by atoms with E-state index < -0.39 is 23.3 Å². The van der Waals surface area contributed by atoms with Gasteiger partial charge < -0.3 is 10.2 Å². The second kappa shape index (κ2) is 7.84. The highest BCUT2D eigenvalue weighted by molar-refractivity contribution is 6.11. The third-order valence-corrected chi connectivity index (χ3v) is 5.56. The van der Waals surface area contributed by atoms with E-state index in [9.17, 15) is 19.8 Å². The summed E-state index contributed by atoms with van der Waals surface area (Å²) in [5.74, 6) is -3.68. The van der Waals surface area contributed by atoms with Crippen molar-refractivity contribution in [2.45, 2.75) is 5.92 Å². The predicted molar refractivity (Wildman–Crippen MR) is 116 cm³/mol. The first-order valence-electron chi connectivity index (χ1n) is 9.61. The van der Waals surface area contributed by atoms with Gasteiger partial charge in [0, 0.05) is 5.92 Å². The second-order valence-electron chi connectivity index (χ2n) is 7.22. The van der Waals surface area contributed by atoms with Crippen LogP contribution in [0.25, 0.3) is 11.1 Å². The van der Waals surface area contributed by atoms with E-state index in [0.29, 0.717) is 11.1 Å². The lowest BCUT2D eigenvalue weighted by Gasteiger charge is -2.37. The molecule has 0 saturated heterocycles. The van der Waals surface area contributed by atoms with Gasteiger partial charge in [-0.05, 0) is 27.8 Å². The zero-order valence-electron chi connectivity index (χ0n) is 16.1. The average Bonchev–Trinajstić information content (AvgIpc) is 2.79. The first kappa shape index (κ1) is 19.4. The van der Waals surface area contributed by atoms with Crippen LogP contribution < -0.4 is 0 Å². The Bertz CT molecular complexity index is 1120. The summed E-state index contributed by atoms with van der Waals surface area (Å²) >= 11 is 0. The van der Waals surface area contributed by atoms with E-state index in [1.54, 1.807) is 30.3 Å². The van der Waals surface area contributed by atoms with Gasteiger partial charge in [0.25, 0.3) is 0 Å². The van der Waals surface area contributed by atoms with Gasteiger partial charge in [-0.25, -0.2) is 0 Å². The fraction of sp³-hybridized carbons (Fsp3) is 0.0769. The van der Waals surface area contributed by atoms with Crippen LogP contribution in [-0.4, -0.2) is 22.2 Å². The molecule has 3 aromatic carbocycles. The average molecular weight is 396 g/mol. The largest absolute Gasteiger partial charge is 0.480 e. The third-order valence-electron chi connectivity index (χ3n) is 5.56. The quantitative estimate of drug-likeness (QED) is 0.588. The minimum absolute atomic E-state index is 0.638. The molecule has 0 radical (unpaired) electrons. The maximum atomic E-state index is 12.5. The van der Waals surface area contributed by atoms with Crippen LogP contribution in [0.3, 0.4) is 0 Å². The van der Waals surface area contributed by atoms with Crippen LogP contribution in [0.5, 0.6) is 0 Å². The Hall–Kier alpha value is -3.92. The van der Waals surface area contributed by atoms with Crippen LogP contribution in [0.4, 0.5) is 0 Å². The highest BCUT2D eigenvalue weighted by Crippen LogP contribution is 2.53. The van der Waals surface area contributed by atoms with Gasteiger partial charge in [0.05, 0.1) is 0 Å². The molecular weight excluding hydrogens is 376 g/mol. The fourth-order valence-electron chi connectivity index (χ4n) is 4.15. The number of hydrogen-bond donors (Lipinski definition) is 2. The van der Waals surface area contributed by atoms with E-state index in [0.717, 1.165) is 16.7 Å². The first-order valence-corrected chi connectivity index (χ1v) is 9.61. The van der Waals surface area contributed by atoms with Gasteiger partial charge in [0.15, 0.2) is 5.41 Å². The zero-order valence-corrected chi connectivity index (χ0v) is 16.1. The summed E-state index contributed by atoms with van der Waals surface area (Å²) in [5, 5.41) is 20.3. The molecule has 3 aromatic rings. The highest BCUT2D eigenvalue weighted by Gasteiger charge is 2.55. The Morgan fingerprint density at radius 3 is 1.63 bits per heavy atom. The number of allylic oxidation sites excluding steroid dienone is 3. The number of aliphatic carboxylic acids is 2. The summed E-state index contributed by atoms with van der Waals surface area (Å²) in [6, 6.07) is 28.0. The van der Waals surface area contributed by atoms with Gasteiger partial charge in [-0.2, -0.15) is 0 Å². The molecule has 4 rings (SSSR count). The summed E-state index contributed by atoms with van der Waals surface area (Å²) in [5.41, 5.74) is 1.71. The molecule has 2 N–H and O–H groups in total. The van der Waals surface area contributed by atoms with Gasteiger partial charge in [-0.15, -0.1) is 0 Å². The third kappa shape index (κ3) is 3.12. The van der Waals surface area contributed by atoms with E-state index in [1.165, 1.54) is 6.08 Å². The monoisotopic (exact) mass is 396 g/mol. The van der Waals surface area contributed by atoms with Gasteiger partial charge in [-0.3, -0.25) is 9.59 Å². The van der Waals surface area contributed by atoms with Gasteiger partial charge >= 0.3 is 11.9 Å². The van der Waals surface area contributed by atoms with Crippen molar-refractivity contribution in [1.82, 2.24) is 0 Å². The minimum atomic E-state index is -2.12. The van der Waals surface area contributed by atoms with E-state index in [-0.39, 0.29) is 0 Å². The summed E-state index contributed by atoms with van der Waals surface area (Å²) in [4.78, 5) is 24.9. The lowest BCUT2D eigenvalue weighted by atomic mass is 9.62. The standard InChI is InChI=1S/C26H20O4/c27-24(28)26(25(29)30)17-16-21(18-10-4-1-5-11-18)22(19-12-6-2-7-13-19)23(26)20-14-8-3-9-15-20/h1-17,23H,(H,27,28)(H,29,30). The maximum Gasteiger partial charge on any atom is 0.326 e. The Balaban J connectivity index is 2.11. The molecule has 1 aliphatic rings. The van der Waals surface area contributed by atoms with Crippen molar-refractivity contribution in [3.63, 3.8) is 0 Å². The summed E-state index contributed by atoms with van der Waals surface area (Å²) in [7, 11) is 0.